The average Bonchev–Trinajstić information content (AvgIpc) is 2.44. The number of benzene rings is 1. The highest BCUT2D eigenvalue weighted by Gasteiger charge is 2.38. The van der Waals surface area contributed by atoms with Crippen LogP contribution in [0.3, 0.4) is 0 Å². The van der Waals surface area contributed by atoms with Crippen molar-refractivity contribution >= 4 is 27.7 Å². The van der Waals surface area contributed by atoms with E-state index in [-0.39, 0.29) is 29.8 Å². The van der Waals surface area contributed by atoms with Gasteiger partial charge in [-0.05, 0) is 49.8 Å². The van der Waals surface area contributed by atoms with E-state index in [4.69, 9.17) is 0 Å². The Morgan fingerprint density at radius 3 is 2.30 bits per heavy atom. The molecule has 0 saturated heterocycles. The molecule has 0 atom stereocenters. The second-order valence-electron chi connectivity index (χ2n) is 6.46. The first-order valence-corrected chi connectivity index (χ1v) is 8.98. The van der Waals surface area contributed by atoms with Gasteiger partial charge in [0, 0.05) is 15.9 Å². The molecule has 1 aromatic carbocycles. The van der Waals surface area contributed by atoms with Crippen molar-refractivity contribution in [1.82, 2.24) is 16.2 Å². The molecule has 0 unspecified atom stereocenters. The van der Waals surface area contributed by atoms with Crippen LogP contribution in [0.15, 0.2) is 28.7 Å². The number of halogens is 1. The maximum absolute atomic E-state index is 12.0. The minimum absolute atomic E-state index is 0.0731. The predicted octanol–water partition coefficient (Wildman–Crippen LogP) is 2.37. The van der Waals surface area contributed by atoms with Gasteiger partial charge in [0.15, 0.2) is 0 Å². The number of nitrogens with one attached hydrogen (secondary N) is 3. The van der Waals surface area contributed by atoms with E-state index in [0.29, 0.717) is 0 Å². The van der Waals surface area contributed by atoms with Crippen molar-refractivity contribution in [3.05, 3.63) is 34.3 Å². The van der Waals surface area contributed by atoms with Gasteiger partial charge >= 0.3 is 0 Å². The number of hydrazine groups is 1. The third-order valence-corrected chi connectivity index (χ3v) is 5.52. The SMILES string of the molecule is O=C(CNC1(c2ccc(Br)cc2)CCC1)NNC(=O)C1CCC1. The Bertz CT molecular complexity index is 580. The molecule has 1 aromatic rings. The Labute approximate surface area is 144 Å². The van der Waals surface area contributed by atoms with E-state index in [2.05, 4.69) is 44.2 Å². The lowest BCUT2D eigenvalue weighted by Gasteiger charge is -2.43. The zero-order chi connectivity index (χ0) is 16.3. The van der Waals surface area contributed by atoms with E-state index in [1.165, 1.54) is 5.56 Å². The molecule has 3 rings (SSSR count). The van der Waals surface area contributed by atoms with E-state index in [0.717, 1.165) is 43.0 Å². The van der Waals surface area contributed by atoms with Crippen molar-refractivity contribution in [1.29, 1.82) is 0 Å². The van der Waals surface area contributed by atoms with Crippen LogP contribution >= 0.6 is 15.9 Å². The normalized spacial score (nSPS) is 19.3. The van der Waals surface area contributed by atoms with E-state index in [1.807, 2.05) is 12.1 Å². The molecule has 2 aliphatic carbocycles. The number of hydrogen-bond donors (Lipinski definition) is 3. The van der Waals surface area contributed by atoms with Crippen molar-refractivity contribution < 1.29 is 9.59 Å². The standard InChI is InChI=1S/C17H22BrN3O2/c18-14-7-5-13(6-8-14)17(9-2-10-17)19-11-15(22)20-21-16(23)12-3-1-4-12/h5-8,12,19H,1-4,9-11H2,(H,20,22)(H,21,23). The number of carbonyl (C=O) groups is 2. The zero-order valence-electron chi connectivity index (χ0n) is 13.0. The Kier molecular flexibility index (Phi) is 5.02. The molecule has 5 nitrogen and oxygen atoms in total. The summed E-state index contributed by atoms with van der Waals surface area (Å²) in [6.45, 7) is 0.195. The first-order valence-electron chi connectivity index (χ1n) is 8.19. The van der Waals surface area contributed by atoms with Gasteiger partial charge in [0.05, 0.1) is 6.54 Å². The van der Waals surface area contributed by atoms with Crippen LogP contribution in [-0.4, -0.2) is 18.4 Å². The summed E-state index contributed by atoms with van der Waals surface area (Å²) in [7, 11) is 0. The van der Waals surface area contributed by atoms with Crippen LogP contribution in [-0.2, 0) is 15.1 Å². The molecule has 2 saturated carbocycles. The fourth-order valence-corrected chi connectivity index (χ4v) is 3.33. The molecule has 124 valence electrons. The fraction of sp³-hybridized carbons (Fsp3) is 0.529. The number of hydrogen-bond acceptors (Lipinski definition) is 3. The third kappa shape index (κ3) is 3.75. The molecular weight excluding hydrogens is 358 g/mol. The van der Waals surface area contributed by atoms with Crippen LogP contribution < -0.4 is 16.2 Å². The van der Waals surface area contributed by atoms with E-state index >= 15 is 0 Å². The largest absolute Gasteiger partial charge is 0.299 e. The highest BCUT2D eigenvalue weighted by molar-refractivity contribution is 9.10. The molecule has 2 aliphatic rings. The highest BCUT2D eigenvalue weighted by Crippen LogP contribution is 2.41. The molecule has 0 radical (unpaired) electrons. The summed E-state index contributed by atoms with van der Waals surface area (Å²) < 4.78 is 1.05. The molecule has 0 aliphatic heterocycles. The molecule has 0 heterocycles. The maximum Gasteiger partial charge on any atom is 0.252 e. The lowest BCUT2D eigenvalue weighted by atomic mass is 9.72. The molecule has 2 amide bonds. The van der Waals surface area contributed by atoms with Crippen molar-refractivity contribution in [2.75, 3.05) is 6.54 Å². The number of carbonyl (C=O) groups excluding carboxylic acids is 2. The Hall–Kier alpha value is -1.40. The Morgan fingerprint density at radius 1 is 1.09 bits per heavy atom. The van der Waals surface area contributed by atoms with Crippen LogP contribution in [0.4, 0.5) is 0 Å². The molecule has 6 heteroatoms. The monoisotopic (exact) mass is 379 g/mol. The van der Waals surface area contributed by atoms with Gasteiger partial charge in [0.25, 0.3) is 5.91 Å². The zero-order valence-corrected chi connectivity index (χ0v) is 14.6. The number of rotatable bonds is 5. The summed E-state index contributed by atoms with van der Waals surface area (Å²) in [4.78, 5) is 23.7. The Morgan fingerprint density at radius 2 is 1.78 bits per heavy atom. The highest BCUT2D eigenvalue weighted by atomic mass is 79.9. The molecule has 3 N–H and O–H groups in total. The predicted molar refractivity (Wildman–Crippen MR) is 91.3 cm³/mol. The first-order chi connectivity index (χ1) is 11.1. The van der Waals surface area contributed by atoms with Crippen LogP contribution in [0.2, 0.25) is 0 Å². The van der Waals surface area contributed by atoms with Gasteiger partial charge in [0.1, 0.15) is 0 Å². The lowest BCUT2D eigenvalue weighted by molar-refractivity contribution is -0.132. The summed E-state index contributed by atoms with van der Waals surface area (Å²) in [5.74, 6) is -0.207. The Balaban J connectivity index is 1.48. The van der Waals surface area contributed by atoms with Gasteiger partial charge < -0.3 is 0 Å². The average molecular weight is 380 g/mol. The van der Waals surface area contributed by atoms with Crippen LogP contribution in [0, 0.1) is 5.92 Å². The fourth-order valence-electron chi connectivity index (χ4n) is 3.06. The van der Waals surface area contributed by atoms with Gasteiger partial charge in [-0.1, -0.05) is 34.5 Å². The van der Waals surface area contributed by atoms with Gasteiger partial charge in [-0.15, -0.1) is 0 Å². The van der Waals surface area contributed by atoms with Gasteiger partial charge in [0.2, 0.25) is 5.91 Å². The molecular formula is C17H22BrN3O2. The van der Waals surface area contributed by atoms with Gasteiger partial charge in [-0.2, -0.15) is 0 Å². The quantitative estimate of drug-likeness (QED) is 0.687. The molecule has 23 heavy (non-hydrogen) atoms. The third-order valence-electron chi connectivity index (χ3n) is 4.99. The topological polar surface area (TPSA) is 70.2 Å². The molecule has 2 fully saturated rings. The van der Waals surface area contributed by atoms with Crippen LogP contribution in [0.25, 0.3) is 0 Å². The van der Waals surface area contributed by atoms with Gasteiger partial charge in [-0.25, -0.2) is 0 Å². The van der Waals surface area contributed by atoms with Crippen LogP contribution in [0.1, 0.15) is 44.1 Å². The van der Waals surface area contributed by atoms with Crippen molar-refractivity contribution in [2.45, 2.75) is 44.1 Å². The van der Waals surface area contributed by atoms with Crippen molar-refractivity contribution in [3.63, 3.8) is 0 Å². The van der Waals surface area contributed by atoms with E-state index < -0.39 is 0 Å². The second-order valence-corrected chi connectivity index (χ2v) is 7.38. The minimum Gasteiger partial charge on any atom is -0.299 e. The molecule has 0 bridgehead atoms. The second kappa shape index (κ2) is 7.01. The summed E-state index contributed by atoms with van der Waals surface area (Å²) in [6, 6.07) is 8.23. The summed E-state index contributed by atoms with van der Waals surface area (Å²) in [5.41, 5.74) is 6.12. The summed E-state index contributed by atoms with van der Waals surface area (Å²) in [5, 5.41) is 3.37. The molecule has 0 spiro atoms. The minimum atomic E-state index is -0.207. The first kappa shape index (κ1) is 16.5. The lowest BCUT2D eigenvalue weighted by Crippen LogP contribution is -2.54. The van der Waals surface area contributed by atoms with E-state index in [1.54, 1.807) is 0 Å². The van der Waals surface area contributed by atoms with Crippen molar-refractivity contribution in [2.24, 2.45) is 5.92 Å². The van der Waals surface area contributed by atoms with Crippen LogP contribution in [0.5, 0.6) is 0 Å². The van der Waals surface area contributed by atoms with Gasteiger partial charge in [-0.3, -0.25) is 25.8 Å². The summed E-state index contributed by atoms with van der Waals surface area (Å²) in [6.07, 6.45) is 6.15. The smallest absolute Gasteiger partial charge is 0.252 e. The maximum atomic E-state index is 12.0. The van der Waals surface area contributed by atoms with Crippen molar-refractivity contribution in [3.8, 4) is 0 Å². The number of amides is 2. The van der Waals surface area contributed by atoms with E-state index in [9.17, 15) is 9.59 Å². The summed E-state index contributed by atoms with van der Waals surface area (Å²) >= 11 is 3.45. The molecule has 0 aromatic heterocycles.